The molecule has 0 spiro atoms. The maximum atomic E-state index is 6.32. The van der Waals surface area contributed by atoms with Gasteiger partial charge in [0, 0.05) is 18.4 Å². The second kappa shape index (κ2) is 6.56. The summed E-state index contributed by atoms with van der Waals surface area (Å²) in [7, 11) is 0. The van der Waals surface area contributed by atoms with Gasteiger partial charge in [-0.05, 0) is 30.2 Å². The molecule has 0 radical (unpaired) electrons. The summed E-state index contributed by atoms with van der Waals surface area (Å²) in [6.07, 6.45) is 4.62. The number of fused-ring (bicyclic) bond motifs is 1. The van der Waals surface area contributed by atoms with Crippen LogP contribution in [0.1, 0.15) is 24.2 Å². The summed E-state index contributed by atoms with van der Waals surface area (Å²) >= 11 is 3.47. The highest BCUT2D eigenvalue weighted by molar-refractivity contribution is 8.01. The highest BCUT2D eigenvalue weighted by Crippen LogP contribution is 2.40. The van der Waals surface area contributed by atoms with E-state index in [1.807, 2.05) is 24.4 Å². The van der Waals surface area contributed by atoms with Crippen molar-refractivity contribution in [3.8, 4) is 0 Å². The quantitative estimate of drug-likeness (QED) is 0.715. The molecule has 0 amide bonds. The van der Waals surface area contributed by atoms with E-state index in [1.54, 1.807) is 29.3 Å². The van der Waals surface area contributed by atoms with E-state index >= 15 is 0 Å². The van der Waals surface area contributed by atoms with E-state index in [0.29, 0.717) is 0 Å². The summed E-state index contributed by atoms with van der Waals surface area (Å²) in [6.45, 7) is 2.12. The Hall–Kier alpha value is -1.43. The fourth-order valence-electron chi connectivity index (χ4n) is 2.17. The monoisotopic (exact) mass is 315 g/mol. The van der Waals surface area contributed by atoms with E-state index in [-0.39, 0.29) is 11.3 Å². The van der Waals surface area contributed by atoms with Crippen molar-refractivity contribution in [1.82, 2.24) is 9.97 Å². The van der Waals surface area contributed by atoms with Crippen LogP contribution in [-0.4, -0.2) is 16.0 Å². The van der Waals surface area contributed by atoms with Crippen molar-refractivity contribution >= 4 is 33.3 Å². The number of hydrogen-bond acceptors (Lipinski definition) is 5. The Kier molecular flexibility index (Phi) is 4.53. The van der Waals surface area contributed by atoms with Crippen LogP contribution in [0.2, 0.25) is 0 Å². The number of aromatic nitrogens is 2. The Labute approximate surface area is 132 Å². The van der Waals surface area contributed by atoms with Gasteiger partial charge < -0.3 is 5.73 Å². The number of thiazole rings is 1. The molecule has 108 valence electrons. The third kappa shape index (κ3) is 3.26. The molecule has 0 saturated carbocycles. The summed E-state index contributed by atoms with van der Waals surface area (Å²) in [6, 6.07) is 12.4. The second-order valence-corrected chi connectivity index (χ2v) is 7.26. The molecule has 5 heteroatoms. The highest BCUT2D eigenvalue weighted by Gasteiger charge is 2.21. The number of para-hydroxylation sites is 1. The van der Waals surface area contributed by atoms with E-state index in [0.717, 1.165) is 21.8 Å². The van der Waals surface area contributed by atoms with E-state index in [9.17, 15) is 0 Å². The van der Waals surface area contributed by atoms with Crippen LogP contribution >= 0.6 is 23.1 Å². The lowest BCUT2D eigenvalue weighted by Crippen LogP contribution is -2.25. The first kappa shape index (κ1) is 14.5. The summed E-state index contributed by atoms with van der Waals surface area (Å²) < 4.78 is 2.28. The summed E-state index contributed by atoms with van der Waals surface area (Å²) in [5, 5.41) is 0.185. The molecule has 2 atom stereocenters. The van der Waals surface area contributed by atoms with Gasteiger partial charge in [0.25, 0.3) is 0 Å². The summed E-state index contributed by atoms with van der Waals surface area (Å²) in [4.78, 5) is 8.92. The molecular formula is C16H17N3S2. The number of thioether (sulfide) groups is 1. The van der Waals surface area contributed by atoms with Crippen LogP contribution in [0.15, 0.2) is 53.1 Å². The highest BCUT2D eigenvalue weighted by atomic mass is 32.2. The van der Waals surface area contributed by atoms with Crippen molar-refractivity contribution < 1.29 is 0 Å². The molecule has 3 nitrogen and oxygen atoms in total. The van der Waals surface area contributed by atoms with E-state index in [2.05, 4.69) is 30.1 Å². The predicted octanol–water partition coefficient (Wildman–Crippen LogP) is 4.26. The fraction of sp³-hybridized carbons (Fsp3) is 0.250. The van der Waals surface area contributed by atoms with Gasteiger partial charge in [-0.25, -0.2) is 4.98 Å². The number of pyridine rings is 1. The Morgan fingerprint density at radius 2 is 2.10 bits per heavy atom. The molecule has 2 heterocycles. The van der Waals surface area contributed by atoms with Gasteiger partial charge in [-0.1, -0.05) is 36.9 Å². The van der Waals surface area contributed by atoms with Gasteiger partial charge >= 0.3 is 0 Å². The van der Waals surface area contributed by atoms with Crippen LogP contribution in [0.3, 0.4) is 0 Å². The maximum Gasteiger partial charge on any atom is 0.151 e. The predicted molar refractivity (Wildman–Crippen MR) is 90.7 cm³/mol. The van der Waals surface area contributed by atoms with Gasteiger partial charge in [-0.3, -0.25) is 4.98 Å². The molecule has 3 aromatic rings. The summed E-state index contributed by atoms with van der Waals surface area (Å²) in [5.41, 5.74) is 8.54. The first-order valence-corrected chi connectivity index (χ1v) is 8.65. The lowest BCUT2D eigenvalue weighted by molar-refractivity contribution is 0.633. The van der Waals surface area contributed by atoms with E-state index < -0.39 is 0 Å². The van der Waals surface area contributed by atoms with E-state index in [1.165, 1.54) is 4.70 Å². The normalized spacial score (nSPS) is 14.2. The van der Waals surface area contributed by atoms with E-state index in [4.69, 9.17) is 10.7 Å². The zero-order valence-corrected chi connectivity index (χ0v) is 13.4. The van der Waals surface area contributed by atoms with Crippen LogP contribution in [0.4, 0.5) is 0 Å². The zero-order valence-electron chi connectivity index (χ0n) is 11.8. The second-order valence-electron chi connectivity index (χ2n) is 4.84. The molecule has 21 heavy (non-hydrogen) atoms. The van der Waals surface area contributed by atoms with Crippen LogP contribution in [0.5, 0.6) is 0 Å². The Bertz CT molecular complexity index is 679. The maximum absolute atomic E-state index is 6.32. The van der Waals surface area contributed by atoms with Crippen LogP contribution in [-0.2, 0) is 0 Å². The molecule has 0 aliphatic rings. The average Bonchev–Trinajstić information content (AvgIpc) is 2.95. The smallest absolute Gasteiger partial charge is 0.151 e. The van der Waals surface area contributed by atoms with Crippen molar-refractivity contribution in [3.05, 3.63) is 54.4 Å². The van der Waals surface area contributed by atoms with Gasteiger partial charge in [0.15, 0.2) is 4.34 Å². The first-order chi connectivity index (χ1) is 10.3. The number of rotatable bonds is 5. The van der Waals surface area contributed by atoms with Gasteiger partial charge in [0.05, 0.1) is 15.5 Å². The van der Waals surface area contributed by atoms with Crippen molar-refractivity contribution in [2.45, 2.75) is 29.0 Å². The molecule has 2 aromatic heterocycles. The molecule has 1 aromatic carbocycles. The Balaban J connectivity index is 1.90. The van der Waals surface area contributed by atoms with Crippen LogP contribution in [0, 0.1) is 0 Å². The van der Waals surface area contributed by atoms with Gasteiger partial charge in [-0.2, -0.15) is 0 Å². The standard InChI is InChI=1S/C16H17N3S2/c1-2-12(17)15(11-6-5-9-18-10-11)21-16-19-13-7-3-4-8-14(13)20-16/h3-10,12,15H,2,17H2,1H3. The van der Waals surface area contributed by atoms with Crippen molar-refractivity contribution in [3.63, 3.8) is 0 Å². The third-order valence-corrected chi connectivity index (χ3v) is 5.91. The lowest BCUT2D eigenvalue weighted by Gasteiger charge is -2.21. The molecule has 0 bridgehead atoms. The number of nitrogens with two attached hydrogens (primary N) is 1. The molecule has 0 aliphatic heterocycles. The van der Waals surface area contributed by atoms with Gasteiger partial charge in [0.1, 0.15) is 0 Å². The Morgan fingerprint density at radius 3 is 2.81 bits per heavy atom. The molecule has 2 unspecified atom stereocenters. The summed E-state index contributed by atoms with van der Waals surface area (Å²) in [5.74, 6) is 0. The van der Waals surface area contributed by atoms with Gasteiger partial charge in [0.2, 0.25) is 0 Å². The van der Waals surface area contributed by atoms with Crippen LogP contribution < -0.4 is 5.73 Å². The lowest BCUT2D eigenvalue weighted by atomic mass is 10.1. The third-order valence-electron chi connectivity index (χ3n) is 3.38. The minimum atomic E-state index is 0.0891. The fourth-order valence-corrected chi connectivity index (χ4v) is 4.65. The Morgan fingerprint density at radius 1 is 1.24 bits per heavy atom. The topological polar surface area (TPSA) is 51.8 Å². The largest absolute Gasteiger partial charge is 0.326 e. The molecule has 0 aliphatic carbocycles. The minimum Gasteiger partial charge on any atom is -0.326 e. The molecule has 2 N–H and O–H groups in total. The first-order valence-electron chi connectivity index (χ1n) is 6.95. The molecule has 0 fully saturated rings. The molecular weight excluding hydrogens is 298 g/mol. The minimum absolute atomic E-state index is 0.0891. The van der Waals surface area contributed by atoms with Crippen LogP contribution in [0.25, 0.3) is 10.2 Å². The average molecular weight is 315 g/mol. The molecule has 3 rings (SSSR count). The number of nitrogens with zero attached hydrogens (tertiary/aromatic N) is 2. The number of hydrogen-bond donors (Lipinski definition) is 1. The van der Waals surface area contributed by atoms with Crippen molar-refractivity contribution in [2.75, 3.05) is 0 Å². The zero-order chi connectivity index (χ0) is 14.7. The van der Waals surface area contributed by atoms with Crippen molar-refractivity contribution in [2.24, 2.45) is 5.73 Å². The molecule has 0 saturated heterocycles. The SMILES string of the molecule is CCC(N)C(Sc1nc2ccccc2s1)c1cccnc1. The van der Waals surface area contributed by atoms with Gasteiger partial charge in [-0.15, -0.1) is 11.3 Å². The number of benzene rings is 1. The van der Waals surface area contributed by atoms with Crippen molar-refractivity contribution in [1.29, 1.82) is 0 Å².